The van der Waals surface area contributed by atoms with Crippen molar-refractivity contribution in [2.24, 2.45) is 0 Å². The van der Waals surface area contributed by atoms with E-state index in [-0.39, 0.29) is 16.2 Å². The first-order chi connectivity index (χ1) is 15.0. The fourth-order valence-electron chi connectivity index (χ4n) is 3.29. The highest BCUT2D eigenvalue weighted by molar-refractivity contribution is 9.10. The summed E-state index contributed by atoms with van der Waals surface area (Å²) in [7, 11) is -3.96. The quantitative estimate of drug-likeness (QED) is 0.328. The summed E-state index contributed by atoms with van der Waals surface area (Å²) in [5.41, 5.74) is 3.18. The predicted octanol–water partition coefficient (Wildman–Crippen LogP) is 6.05. The van der Waals surface area contributed by atoms with Gasteiger partial charge >= 0.3 is 10.1 Å². The maximum absolute atomic E-state index is 12.7. The van der Waals surface area contributed by atoms with E-state index in [2.05, 4.69) is 42.0 Å². The summed E-state index contributed by atoms with van der Waals surface area (Å²) < 4.78 is 33.7. The molecule has 4 rings (SSSR count). The fourth-order valence-corrected chi connectivity index (χ4v) is 4.48. The molecule has 0 saturated heterocycles. The summed E-state index contributed by atoms with van der Waals surface area (Å²) in [6.07, 6.45) is 1.98. The first-order valence-electron chi connectivity index (χ1n) is 10.1. The van der Waals surface area contributed by atoms with Crippen LogP contribution in [0.25, 0.3) is 16.9 Å². The normalized spacial score (nSPS) is 12.2. The summed E-state index contributed by atoms with van der Waals surface area (Å²) in [6.45, 7) is 8.25. The van der Waals surface area contributed by atoms with Gasteiger partial charge in [0.05, 0.1) is 0 Å². The van der Waals surface area contributed by atoms with Crippen LogP contribution in [-0.2, 0) is 10.1 Å². The Morgan fingerprint density at radius 1 is 1.03 bits per heavy atom. The number of rotatable bonds is 5. The minimum Gasteiger partial charge on any atom is -0.379 e. The smallest absolute Gasteiger partial charge is 0.339 e. The van der Waals surface area contributed by atoms with Gasteiger partial charge in [0, 0.05) is 21.8 Å². The first-order valence-corrected chi connectivity index (χ1v) is 12.3. The number of fused-ring (bicyclic) bond motifs is 1. The summed E-state index contributed by atoms with van der Waals surface area (Å²) in [6, 6.07) is 17.3. The van der Waals surface area contributed by atoms with E-state index in [4.69, 9.17) is 9.17 Å². The van der Waals surface area contributed by atoms with Crippen LogP contribution in [0.3, 0.4) is 0 Å². The zero-order valence-corrected chi connectivity index (χ0v) is 20.7. The second kappa shape index (κ2) is 8.26. The van der Waals surface area contributed by atoms with E-state index < -0.39 is 10.1 Å². The molecule has 2 aromatic carbocycles. The molecule has 2 heterocycles. The van der Waals surface area contributed by atoms with Gasteiger partial charge in [0.2, 0.25) is 0 Å². The lowest BCUT2D eigenvalue weighted by molar-refractivity contribution is 0.486. The molecule has 6 nitrogen and oxygen atoms in total. The van der Waals surface area contributed by atoms with Crippen LogP contribution in [0.1, 0.15) is 26.3 Å². The van der Waals surface area contributed by atoms with Crippen LogP contribution >= 0.6 is 15.9 Å². The minimum atomic E-state index is -3.96. The van der Waals surface area contributed by atoms with Crippen molar-refractivity contribution < 1.29 is 12.6 Å². The molecule has 0 bridgehead atoms. The maximum atomic E-state index is 12.7. The third-order valence-electron chi connectivity index (χ3n) is 4.69. The van der Waals surface area contributed by atoms with Crippen molar-refractivity contribution in [3.8, 4) is 17.0 Å². The van der Waals surface area contributed by atoms with E-state index in [1.165, 1.54) is 12.1 Å². The van der Waals surface area contributed by atoms with E-state index in [9.17, 15) is 8.42 Å². The highest BCUT2D eigenvalue weighted by Crippen LogP contribution is 2.33. The molecule has 32 heavy (non-hydrogen) atoms. The average molecular weight is 514 g/mol. The Bertz CT molecular complexity index is 1390. The van der Waals surface area contributed by atoms with Crippen molar-refractivity contribution in [2.45, 2.75) is 38.1 Å². The summed E-state index contributed by atoms with van der Waals surface area (Å²) in [4.78, 5) is 4.91. The number of halogens is 1. The maximum Gasteiger partial charge on any atom is 0.339 e. The topological polar surface area (TPSA) is 72.7 Å². The molecule has 0 atom stereocenters. The van der Waals surface area contributed by atoms with Gasteiger partial charge in [0.15, 0.2) is 0 Å². The third kappa shape index (κ3) is 4.81. The molecule has 0 aliphatic carbocycles. The SMILES string of the molecule is Cc1ccn2c(NC(C)(C)C)c(-c3cccc(OS(=O)(=O)c4ccc(Br)cc4)c3)nc2c1. The number of benzene rings is 2. The minimum absolute atomic E-state index is 0.0874. The van der Waals surface area contributed by atoms with E-state index in [1.54, 1.807) is 30.3 Å². The van der Waals surface area contributed by atoms with Crippen molar-refractivity contribution in [3.05, 3.63) is 76.9 Å². The molecule has 0 aliphatic rings. The average Bonchev–Trinajstić information content (AvgIpc) is 3.04. The largest absolute Gasteiger partial charge is 0.379 e. The molecule has 0 aliphatic heterocycles. The van der Waals surface area contributed by atoms with Crippen LogP contribution < -0.4 is 9.50 Å². The lowest BCUT2D eigenvalue weighted by Crippen LogP contribution is -2.27. The number of aromatic nitrogens is 2. The molecular weight excluding hydrogens is 490 g/mol. The zero-order valence-electron chi connectivity index (χ0n) is 18.3. The fraction of sp³-hybridized carbons (Fsp3) is 0.208. The molecule has 1 N–H and O–H groups in total. The molecule has 0 radical (unpaired) electrons. The van der Waals surface area contributed by atoms with Gasteiger partial charge in [-0.1, -0.05) is 28.1 Å². The molecule has 4 aromatic rings. The van der Waals surface area contributed by atoms with Crippen molar-refractivity contribution in [2.75, 3.05) is 5.32 Å². The van der Waals surface area contributed by atoms with Gasteiger partial charge in [-0.25, -0.2) is 4.98 Å². The van der Waals surface area contributed by atoms with Crippen LogP contribution in [0.4, 0.5) is 5.82 Å². The summed E-state index contributed by atoms with van der Waals surface area (Å²) in [5, 5.41) is 3.53. The zero-order chi connectivity index (χ0) is 23.1. The first kappa shape index (κ1) is 22.4. The van der Waals surface area contributed by atoms with Gasteiger partial charge in [0.1, 0.15) is 27.8 Å². The van der Waals surface area contributed by atoms with E-state index in [0.29, 0.717) is 0 Å². The number of nitrogens with zero attached hydrogens (tertiary/aromatic N) is 2. The Kier molecular flexibility index (Phi) is 5.77. The molecule has 0 fully saturated rings. The Morgan fingerprint density at radius 2 is 1.75 bits per heavy atom. The lowest BCUT2D eigenvalue weighted by atomic mass is 10.1. The van der Waals surface area contributed by atoms with Gasteiger partial charge in [-0.05, 0) is 81.8 Å². The molecule has 0 unspecified atom stereocenters. The number of imidazole rings is 1. The number of pyridine rings is 1. The second-order valence-corrected chi connectivity index (χ2v) is 11.1. The van der Waals surface area contributed by atoms with Crippen LogP contribution in [0, 0.1) is 6.92 Å². The number of anilines is 1. The van der Waals surface area contributed by atoms with Crippen molar-refractivity contribution in [3.63, 3.8) is 0 Å². The second-order valence-electron chi connectivity index (χ2n) is 8.64. The highest BCUT2D eigenvalue weighted by Gasteiger charge is 2.21. The number of aryl methyl sites for hydroxylation is 1. The summed E-state index contributed by atoms with van der Waals surface area (Å²) >= 11 is 3.31. The van der Waals surface area contributed by atoms with Gasteiger partial charge in [-0.2, -0.15) is 8.42 Å². The lowest BCUT2D eigenvalue weighted by Gasteiger charge is -2.22. The van der Waals surface area contributed by atoms with E-state index >= 15 is 0 Å². The standard InChI is InChI=1S/C24H24BrN3O3S/c1-16-12-13-28-21(14-16)26-22(23(28)27-24(2,3)4)17-6-5-7-19(15-17)31-32(29,30)20-10-8-18(25)9-11-20/h5-15,27H,1-4H3. The van der Waals surface area contributed by atoms with Gasteiger partial charge in [-0.3, -0.25) is 4.40 Å². The summed E-state index contributed by atoms with van der Waals surface area (Å²) in [5.74, 6) is 1.06. The predicted molar refractivity (Wildman–Crippen MR) is 131 cm³/mol. The molecule has 0 saturated carbocycles. The number of nitrogens with one attached hydrogen (secondary N) is 1. The Labute approximate surface area is 196 Å². The van der Waals surface area contributed by atoms with Gasteiger partial charge < -0.3 is 9.50 Å². The van der Waals surface area contributed by atoms with Crippen LogP contribution in [0.15, 0.2) is 76.2 Å². The molecule has 0 spiro atoms. The van der Waals surface area contributed by atoms with Crippen LogP contribution in [-0.4, -0.2) is 23.3 Å². The number of hydrogen-bond acceptors (Lipinski definition) is 5. The number of hydrogen-bond donors (Lipinski definition) is 1. The Hall–Kier alpha value is -2.84. The van der Waals surface area contributed by atoms with E-state index in [1.807, 2.05) is 35.7 Å². The molecule has 0 amide bonds. The molecule has 8 heteroatoms. The highest BCUT2D eigenvalue weighted by atomic mass is 79.9. The van der Waals surface area contributed by atoms with Crippen molar-refractivity contribution in [1.29, 1.82) is 0 Å². The van der Waals surface area contributed by atoms with Crippen molar-refractivity contribution >= 4 is 37.5 Å². The molecule has 2 aromatic heterocycles. The van der Waals surface area contributed by atoms with Crippen LogP contribution in [0.5, 0.6) is 5.75 Å². The van der Waals surface area contributed by atoms with Crippen molar-refractivity contribution in [1.82, 2.24) is 9.38 Å². The monoisotopic (exact) mass is 513 g/mol. The van der Waals surface area contributed by atoms with E-state index in [0.717, 1.165) is 32.8 Å². The molecular formula is C24H24BrN3O3S. The molecule has 166 valence electrons. The Morgan fingerprint density at radius 3 is 2.44 bits per heavy atom. The van der Waals surface area contributed by atoms with Gasteiger partial charge in [0.25, 0.3) is 0 Å². The Balaban J connectivity index is 1.76. The van der Waals surface area contributed by atoms with Crippen LogP contribution in [0.2, 0.25) is 0 Å². The van der Waals surface area contributed by atoms with Gasteiger partial charge in [-0.15, -0.1) is 0 Å². The third-order valence-corrected chi connectivity index (χ3v) is 6.48.